The highest BCUT2D eigenvalue weighted by Crippen LogP contribution is 2.11. The normalized spacial score (nSPS) is 10.8. The molecule has 0 aromatic heterocycles. The van der Waals surface area contributed by atoms with Gasteiger partial charge in [-0.1, -0.05) is 57.8 Å². The van der Waals surface area contributed by atoms with Gasteiger partial charge in [0.1, 0.15) is 0 Å². The lowest BCUT2D eigenvalue weighted by Gasteiger charge is -2.01. The molecule has 0 atom stereocenters. The first-order valence-corrected chi connectivity index (χ1v) is 7.07. The van der Waals surface area contributed by atoms with Crippen molar-refractivity contribution in [3.63, 3.8) is 0 Å². The summed E-state index contributed by atoms with van der Waals surface area (Å²) in [6, 6.07) is 0. The molecule has 92 valence electrons. The van der Waals surface area contributed by atoms with Gasteiger partial charge in [-0.2, -0.15) is 0 Å². The Bertz CT molecular complexity index is 94.7. The van der Waals surface area contributed by atoms with Gasteiger partial charge in [-0.15, -0.1) is 11.6 Å². The number of halogens is 2. The van der Waals surface area contributed by atoms with Crippen LogP contribution in [0.15, 0.2) is 0 Å². The average Bonchev–Trinajstić information content (AvgIpc) is 2.26. The van der Waals surface area contributed by atoms with Crippen molar-refractivity contribution in [2.75, 3.05) is 12.6 Å². The van der Waals surface area contributed by atoms with Gasteiger partial charge in [0.15, 0.2) is 0 Å². The van der Waals surface area contributed by atoms with Crippen LogP contribution < -0.4 is 0 Å². The van der Waals surface area contributed by atoms with Crippen LogP contribution in [-0.2, 0) is 0 Å². The summed E-state index contributed by atoms with van der Waals surface area (Å²) in [6.07, 6.45) is 13.6. The Kier molecular flexibility index (Phi) is 14.4. The van der Waals surface area contributed by atoms with Crippen LogP contribution in [-0.4, -0.2) is 12.6 Å². The van der Waals surface area contributed by atoms with E-state index in [2.05, 4.69) is 0 Å². The lowest BCUT2D eigenvalue weighted by atomic mass is 10.1. The fraction of sp³-hybridized carbons (Fsp3) is 1.00. The third-order valence-corrected chi connectivity index (χ3v) is 3.03. The van der Waals surface area contributed by atoms with Gasteiger partial charge in [-0.05, 0) is 12.8 Å². The topological polar surface area (TPSA) is 0 Å². The van der Waals surface area contributed by atoms with Gasteiger partial charge in [0, 0.05) is 5.88 Å². The van der Waals surface area contributed by atoms with Crippen LogP contribution in [0.2, 0.25) is 0 Å². The molecule has 0 spiro atoms. The molecule has 0 saturated carbocycles. The van der Waals surface area contributed by atoms with E-state index in [-0.39, 0.29) is 6.67 Å². The molecule has 0 saturated heterocycles. The highest BCUT2D eigenvalue weighted by Gasteiger charge is 1.92. The molecule has 0 bridgehead atoms. The SMILES string of the molecule is FCCCCCCCCCCCCCCl. The van der Waals surface area contributed by atoms with Crippen molar-refractivity contribution in [1.82, 2.24) is 0 Å². The molecular weight excluding hydrogens is 211 g/mol. The van der Waals surface area contributed by atoms with Crippen LogP contribution in [0.3, 0.4) is 0 Å². The molecular formula is C13H26ClF. The van der Waals surface area contributed by atoms with E-state index in [1.165, 1.54) is 57.8 Å². The third kappa shape index (κ3) is 14.2. The molecule has 0 amide bonds. The molecule has 0 heterocycles. The fourth-order valence-electron chi connectivity index (χ4n) is 1.78. The first-order valence-electron chi connectivity index (χ1n) is 6.53. The highest BCUT2D eigenvalue weighted by atomic mass is 35.5. The van der Waals surface area contributed by atoms with Crippen LogP contribution >= 0.6 is 11.6 Å². The molecule has 0 fully saturated rings. The summed E-state index contributed by atoms with van der Waals surface area (Å²) in [5, 5.41) is 0. The Morgan fingerprint density at radius 2 is 0.867 bits per heavy atom. The summed E-state index contributed by atoms with van der Waals surface area (Å²) in [4.78, 5) is 0. The van der Waals surface area contributed by atoms with Crippen molar-refractivity contribution in [3.05, 3.63) is 0 Å². The first kappa shape index (κ1) is 15.2. The molecule has 0 unspecified atom stereocenters. The minimum atomic E-state index is -0.138. The Balaban J connectivity index is 2.81. The van der Waals surface area contributed by atoms with E-state index >= 15 is 0 Å². The average molecular weight is 237 g/mol. The Labute approximate surface area is 99.6 Å². The van der Waals surface area contributed by atoms with Crippen LogP contribution in [0, 0.1) is 0 Å². The van der Waals surface area contributed by atoms with E-state index < -0.39 is 0 Å². The zero-order valence-electron chi connectivity index (χ0n) is 9.95. The van der Waals surface area contributed by atoms with E-state index in [0.717, 1.165) is 18.7 Å². The minimum Gasteiger partial charge on any atom is -0.251 e. The van der Waals surface area contributed by atoms with Crippen molar-refractivity contribution in [2.24, 2.45) is 0 Å². The van der Waals surface area contributed by atoms with Gasteiger partial charge in [0.25, 0.3) is 0 Å². The summed E-state index contributed by atoms with van der Waals surface area (Å²) in [7, 11) is 0. The van der Waals surface area contributed by atoms with Gasteiger partial charge < -0.3 is 0 Å². The van der Waals surface area contributed by atoms with E-state index in [1.807, 2.05) is 0 Å². The monoisotopic (exact) mass is 236 g/mol. The molecule has 0 rings (SSSR count). The number of alkyl halides is 2. The van der Waals surface area contributed by atoms with Crippen molar-refractivity contribution in [3.8, 4) is 0 Å². The molecule has 0 N–H and O–H groups in total. The van der Waals surface area contributed by atoms with Crippen LogP contribution in [0.25, 0.3) is 0 Å². The Hall–Kier alpha value is 0.220. The first-order chi connectivity index (χ1) is 7.41. The second-order valence-electron chi connectivity index (χ2n) is 4.27. The Morgan fingerprint density at radius 1 is 0.533 bits per heavy atom. The zero-order valence-corrected chi connectivity index (χ0v) is 10.7. The van der Waals surface area contributed by atoms with E-state index in [0.29, 0.717) is 0 Å². The molecule has 15 heavy (non-hydrogen) atoms. The highest BCUT2D eigenvalue weighted by molar-refractivity contribution is 6.17. The molecule has 0 radical (unpaired) electrons. The van der Waals surface area contributed by atoms with Crippen LogP contribution in [0.1, 0.15) is 70.6 Å². The van der Waals surface area contributed by atoms with Crippen molar-refractivity contribution < 1.29 is 4.39 Å². The fourth-order valence-corrected chi connectivity index (χ4v) is 1.97. The predicted octanol–water partition coefficient (Wildman–Crippen LogP) is 5.49. The van der Waals surface area contributed by atoms with E-state index in [4.69, 9.17) is 11.6 Å². The molecule has 0 aliphatic carbocycles. The van der Waals surface area contributed by atoms with E-state index in [1.54, 1.807) is 0 Å². The van der Waals surface area contributed by atoms with Crippen LogP contribution in [0.5, 0.6) is 0 Å². The molecule has 0 nitrogen and oxygen atoms in total. The molecule has 0 aromatic carbocycles. The van der Waals surface area contributed by atoms with Gasteiger partial charge in [-0.25, -0.2) is 0 Å². The van der Waals surface area contributed by atoms with Gasteiger partial charge >= 0.3 is 0 Å². The van der Waals surface area contributed by atoms with Crippen molar-refractivity contribution in [2.45, 2.75) is 70.6 Å². The zero-order chi connectivity index (χ0) is 11.2. The standard InChI is InChI=1S/C13H26ClF/c14-12-10-8-6-4-2-1-3-5-7-9-11-13-15/h1-13H2. The second kappa shape index (κ2) is 14.2. The van der Waals surface area contributed by atoms with Gasteiger partial charge in [0.2, 0.25) is 0 Å². The third-order valence-electron chi connectivity index (χ3n) is 2.77. The quantitative estimate of drug-likeness (QED) is 0.311. The number of hydrogen-bond acceptors (Lipinski definition) is 0. The largest absolute Gasteiger partial charge is 0.251 e. The summed E-state index contributed by atoms with van der Waals surface area (Å²) >= 11 is 5.60. The minimum absolute atomic E-state index is 0.138. The van der Waals surface area contributed by atoms with E-state index in [9.17, 15) is 4.39 Å². The van der Waals surface area contributed by atoms with Gasteiger partial charge in [0.05, 0.1) is 6.67 Å². The summed E-state index contributed by atoms with van der Waals surface area (Å²) < 4.78 is 11.8. The summed E-state index contributed by atoms with van der Waals surface area (Å²) in [6.45, 7) is -0.138. The number of hydrogen-bond donors (Lipinski definition) is 0. The summed E-state index contributed by atoms with van der Waals surface area (Å²) in [5.74, 6) is 0.814. The maximum absolute atomic E-state index is 11.8. The van der Waals surface area contributed by atoms with Crippen LogP contribution in [0.4, 0.5) is 4.39 Å². The maximum Gasteiger partial charge on any atom is 0.0894 e. The second-order valence-corrected chi connectivity index (χ2v) is 4.65. The number of unbranched alkanes of at least 4 members (excludes halogenated alkanes) is 10. The molecule has 0 aliphatic rings. The smallest absolute Gasteiger partial charge is 0.0894 e. The Morgan fingerprint density at radius 3 is 1.20 bits per heavy atom. The maximum atomic E-state index is 11.8. The summed E-state index contributed by atoms with van der Waals surface area (Å²) in [5.41, 5.74) is 0. The van der Waals surface area contributed by atoms with Gasteiger partial charge in [-0.3, -0.25) is 4.39 Å². The van der Waals surface area contributed by atoms with Crippen molar-refractivity contribution >= 4 is 11.6 Å². The molecule has 2 heteroatoms. The lowest BCUT2D eigenvalue weighted by molar-refractivity contribution is 0.449. The molecule has 0 aromatic rings. The van der Waals surface area contributed by atoms with Crippen molar-refractivity contribution in [1.29, 1.82) is 0 Å². The number of rotatable bonds is 12. The molecule has 0 aliphatic heterocycles. The predicted molar refractivity (Wildman–Crippen MR) is 67.5 cm³/mol. The lowest BCUT2D eigenvalue weighted by Crippen LogP contribution is -1.83.